The summed E-state index contributed by atoms with van der Waals surface area (Å²) in [6.07, 6.45) is 10.7. The Morgan fingerprint density at radius 3 is 3.25 bits per heavy atom. The van der Waals surface area contributed by atoms with Gasteiger partial charge in [0.05, 0.1) is 0 Å². The van der Waals surface area contributed by atoms with E-state index in [4.69, 9.17) is 0 Å². The molecular formula is C7H11N. The van der Waals surface area contributed by atoms with E-state index in [2.05, 4.69) is 17.5 Å². The van der Waals surface area contributed by atoms with Gasteiger partial charge in [0.1, 0.15) is 0 Å². The quantitative estimate of drug-likeness (QED) is 0.496. The van der Waals surface area contributed by atoms with Gasteiger partial charge in [-0.15, -0.1) is 0 Å². The van der Waals surface area contributed by atoms with E-state index in [0.717, 1.165) is 6.54 Å². The van der Waals surface area contributed by atoms with E-state index in [1.54, 1.807) is 0 Å². The number of nitrogens with one attached hydrogen (secondary N) is 1. The minimum absolute atomic E-state index is 1.11. The molecule has 0 aromatic carbocycles. The molecule has 0 unspecified atom stereocenters. The Kier molecular flexibility index (Phi) is 2.24. The molecule has 0 bridgehead atoms. The summed E-state index contributed by atoms with van der Waals surface area (Å²) in [5, 5.41) is 3.16. The lowest BCUT2D eigenvalue weighted by atomic mass is 10.2. The van der Waals surface area contributed by atoms with Gasteiger partial charge in [-0.2, -0.15) is 0 Å². The topological polar surface area (TPSA) is 12.0 Å². The van der Waals surface area contributed by atoms with Crippen LogP contribution in [-0.4, -0.2) is 6.54 Å². The summed E-state index contributed by atoms with van der Waals surface area (Å²) in [6, 6.07) is 0. The summed E-state index contributed by atoms with van der Waals surface area (Å²) >= 11 is 0. The molecule has 8 heavy (non-hydrogen) atoms. The molecule has 1 heteroatoms. The Balaban J connectivity index is 2.33. The molecule has 0 fully saturated rings. The highest BCUT2D eigenvalue weighted by molar-refractivity contribution is 5.02. The van der Waals surface area contributed by atoms with Gasteiger partial charge in [0, 0.05) is 6.54 Å². The lowest BCUT2D eigenvalue weighted by molar-refractivity contribution is 0.760. The van der Waals surface area contributed by atoms with E-state index in [1.807, 2.05) is 12.3 Å². The summed E-state index contributed by atoms with van der Waals surface area (Å²) < 4.78 is 0. The third-order valence-corrected chi connectivity index (χ3v) is 1.15. The van der Waals surface area contributed by atoms with E-state index in [1.165, 1.54) is 12.8 Å². The average Bonchev–Trinajstić information content (AvgIpc) is 1.62. The van der Waals surface area contributed by atoms with Crippen molar-refractivity contribution < 1.29 is 0 Å². The van der Waals surface area contributed by atoms with Crippen molar-refractivity contribution in [1.29, 1.82) is 0 Å². The maximum absolute atomic E-state index is 3.16. The smallest absolute Gasteiger partial charge is 0.0144 e. The Bertz CT molecular complexity index is 89.0. The van der Waals surface area contributed by atoms with Crippen molar-refractivity contribution >= 4 is 0 Å². The lowest BCUT2D eigenvalue weighted by Crippen LogP contribution is -2.06. The SMILES string of the molecule is C1=C\CCCN\C=C/1. The summed E-state index contributed by atoms with van der Waals surface area (Å²) in [7, 11) is 0. The number of rotatable bonds is 0. The number of hydrogen-bond donors (Lipinski definition) is 1. The third kappa shape index (κ3) is 1.82. The molecule has 0 radical (unpaired) electrons. The lowest BCUT2D eigenvalue weighted by Gasteiger charge is -1.98. The molecule has 0 saturated carbocycles. The summed E-state index contributed by atoms with van der Waals surface area (Å²) in [5.41, 5.74) is 0. The van der Waals surface area contributed by atoms with E-state index in [-0.39, 0.29) is 0 Å². The second kappa shape index (κ2) is 3.30. The first-order valence-corrected chi connectivity index (χ1v) is 3.05. The molecule has 0 atom stereocenters. The van der Waals surface area contributed by atoms with Crippen LogP contribution in [0.15, 0.2) is 24.4 Å². The second-order valence-electron chi connectivity index (χ2n) is 1.88. The van der Waals surface area contributed by atoms with E-state index in [0.29, 0.717) is 0 Å². The maximum atomic E-state index is 3.16. The van der Waals surface area contributed by atoms with Crippen molar-refractivity contribution in [3.05, 3.63) is 24.4 Å². The van der Waals surface area contributed by atoms with Crippen LogP contribution in [0.25, 0.3) is 0 Å². The Hall–Kier alpha value is -0.720. The fraction of sp³-hybridized carbons (Fsp3) is 0.429. The molecule has 1 nitrogen and oxygen atoms in total. The first kappa shape index (κ1) is 5.42. The zero-order valence-electron chi connectivity index (χ0n) is 4.93. The molecule has 0 aromatic rings. The van der Waals surface area contributed by atoms with Gasteiger partial charge < -0.3 is 5.32 Å². The zero-order valence-corrected chi connectivity index (χ0v) is 4.93. The minimum Gasteiger partial charge on any atom is -0.391 e. The normalized spacial score (nSPS) is 27.0. The predicted molar refractivity (Wildman–Crippen MR) is 35.5 cm³/mol. The summed E-state index contributed by atoms with van der Waals surface area (Å²) in [6.45, 7) is 1.11. The maximum Gasteiger partial charge on any atom is 0.0144 e. The molecule has 1 heterocycles. The Morgan fingerprint density at radius 2 is 2.25 bits per heavy atom. The zero-order chi connectivity index (χ0) is 5.66. The average molecular weight is 109 g/mol. The van der Waals surface area contributed by atoms with Crippen LogP contribution >= 0.6 is 0 Å². The van der Waals surface area contributed by atoms with Crippen LogP contribution in [0.1, 0.15) is 12.8 Å². The van der Waals surface area contributed by atoms with Crippen LogP contribution < -0.4 is 5.32 Å². The van der Waals surface area contributed by atoms with Crippen LogP contribution in [-0.2, 0) is 0 Å². The first-order valence-electron chi connectivity index (χ1n) is 3.05. The van der Waals surface area contributed by atoms with Gasteiger partial charge in [-0.1, -0.05) is 12.2 Å². The fourth-order valence-corrected chi connectivity index (χ4v) is 0.704. The molecule has 1 N–H and O–H groups in total. The monoisotopic (exact) mass is 109 g/mol. The molecule has 1 aliphatic heterocycles. The van der Waals surface area contributed by atoms with E-state index in [9.17, 15) is 0 Å². The van der Waals surface area contributed by atoms with Crippen LogP contribution in [0, 0.1) is 0 Å². The number of allylic oxidation sites excluding steroid dienone is 3. The van der Waals surface area contributed by atoms with Crippen LogP contribution in [0.2, 0.25) is 0 Å². The molecule has 0 spiro atoms. The van der Waals surface area contributed by atoms with Crippen LogP contribution in [0.5, 0.6) is 0 Å². The van der Waals surface area contributed by atoms with Crippen molar-refractivity contribution in [2.45, 2.75) is 12.8 Å². The van der Waals surface area contributed by atoms with Crippen molar-refractivity contribution in [1.82, 2.24) is 5.32 Å². The molecule has 1 rings (SSSR count). The molecule has 1 aliphatic rings. The van der Waals surface area contributed by atoms with Gasteiger partial charge in [0.25, 0.3) is 0 Å². The summed E-state index contributed by atoms with van der Waals surface area (Å²) in [5.74, 6) is 0. The molecule has 0 aliphatic carbocycles. The molecule has 44 valence electrons. The van der Waals surface area contributed by atoms with Crippen molar-refractivity contribution in [2.75, 3.05) is 6.54 Å². The summed E-state index contributed by atoms with van der Waals surface area (Å²) in [4.78, 5) is 0. The number of hydrogen-bond acceptors (Lipinski definition) is 1. The Labute approximate surface area is 50.1 Å². The molecule has 0 aromatic heterocycles. The minimum atomic E-state index is 1.11. The van der Waals surface area contributed by atoms with Gasteiger partial charge in [-0.25, -0.2) is 0 Å². The van der Waals surface area contributed by atoms with Crippen LogP contribution in [0.4, 0.5) is 0 Å². The van der Waals surface area contributed by atoms with E-state index >= 15 is 0 Å². The van der Waals surface area contributed by atoms with E-state index < -0.39 is 0 Å². The van der Waals surface area contributed by atoms with Crippen LogP contribution in [0.3, 0.4) is 0 Å². The Morgan fingerprint density at radius 1 is 1.25 bits per heavy atom. The highest BCUT2D eigenvalue weighted by Crippen LogP contribution is 1.91. The van der Waals surface area contributed by atoms with Gasteiger partial charge in [0.15, 0.2) is 0 Å². The van der Waals surface area contributed by atoms with Crippen molar-refractivity contribution in [3.63, 3.8) is 0 Å². The largest absolute Gasteiger partial charge is 0.391 e. The molecule has 0 amide bonds. The second-order valence-corrected chi connectivity index (χ2v) is 1.88. The highest BCUT2D eigenvalue weighted by atomic mass is 14.8. The standard InChI is InChI=1S/C7H11N/c1-2-4-6-8-7-5-3-1/h1-2,4,6,8H,3,5,7H2/b2-1-,6-4-. The van der Waals surface area contributed by atoms with Gasteiger partial charge in [-0.3, -0.25) is 0 Å². The third-order valence-electron chi connectivity index (χ3n) is 1.15. The fourth-order valence-electron chi connectivity index (χ4n) is 0.704. The predicted octanol–water partition coefficient (Wildman–Crippen LogP) is 1.44. The van der Waals surface area contributed by atoms with Crippen molar-refractivity contribution in [3.8, 4) is 0 Å². The van der Waals surface area contributed by atoms with Crippen molar-refractivity contribution in [2.24, 2.45) is 0 Å². The van der Waals surface area contributed by atoms with Gasteiger partial charge >= 0.3 is 0 Å². The molecule has 0 saturated heterocycles. The van der Waals surface area contributed by atoms with Gasteiger partial charge in [0.2, 0.25) is 0 Å². The first-order chi connectivity index (χ1) is 4.00. The highest BCUT2D eigenvalue weighted by Gasteiger charge is 1.82. The van der Waals surface area contributed by atoms with Gasteiger partial charge in [-0.05, 0) is 25.1 Å². The molecular weight excluding hydrogens is 98.1 g/mol.